The van der Waals surface area contributed by atoms with E-state index in [9.17, 15) is 10.1 Å². The van der Waals surface area contributed by atoms with Gasteiger partial charge in [-0.05, 0) is 24.3 Å². The van der Waals surface area contributed by atoms with Crippen LogP contribution in [0.2, 0.25) is 0 Å². The van der Waals surface area contributed by atoms with Crippen molar-refractivity contribution in [2.24, 2.45) is 7.05 Å². The Morgan fingerprint density at radius 3 is 2.77 bits per heavy atom. The van der Waals surface area contributed by atoms with Crippen molar-refractivity contribution in [2.75, 3.05) is 0 Å². The van der Waals surface area contributed by atoms with E-state index in [4.69, 9.17) is 4.98 Å². The topological polar surface area (TPSA) is 93.8 Å². The maximum Gasteiger partial charge on any atom is 0.254 e. The minimum Gasteiger partial charge on any atom is -0.284 e. The summed E-state index contributed by atoms with van der Waals surface area (Å²) in [5, 5.41) is 19.0. The maximum absolute atomic E-state index is 12.0. The fourth-order valence-electron chi connectivity index (χ4n) is 3.57. The predicted molar refractivity (Wildman–Crippen MR) is 112 cm³/mol. The summed E-state index contributed by atoms with van der Waals surface area (Å²) in [7, 11) is 1.84. The number of benzene rings is 1. The van der Waals surface area contributed by atoms with Gasteiger partial charge >= 0.3 is 0 Å². The van der Waals surface area contributed by atoms with Crippen LogP contribution in [0.1, 0.15) is 10.4 Å². The zero-order valence-electron chi connectivity index (χ0n) is 16.0. The van der Waals surface area contributed by atoms with Crippen molar-refractivity contribution >= 4 is 22.3 Å². The third-order valence-corrected chi connectivity index (χ3v) is 4.99. The molecule has 0 spiro atoms. The highest BCUT2D eigenvalue weighted by molar-refractivity contribution is 5.99. The van der Waals surface area contributed by atoms with Crippen LogP contribution in [-0.2, 0) is 7.05 Å². The van der Waals surface area contributed by atoms with Gasteiger partial charge in [0.1, 0.15) is 17.1 Å². The largest absolute Gasteiger partial charge is 0.284 e. The van der Waals surface area contributed by atoms with E-state index in [0.29, 0.717) is 22.5 Å². The van der Waals surface area contributed by atoms with E-state index in [2.05, 4.69) is 22.8 Å². The van der Waals surface area contributed by atoms with Crippen molar-refractivity contribution in [1.29, 1.82) is 5.26 Å². The van der Waals surface area contributed by atoms with Crippen LogP contribution in [0.3, 0.4) is 0 Å². The third-order valence-electron chi connectivity index (χ3n) is 4.99. The molecule has 5 aromatic rings. The van der Waals surface area contributed by atoms with Crippen molar-refractivity contribution in [3.8, 4) is 28.6 Å². The molecule has 0 aliphatic rings. The molecule has 0 amide bonds. The summed E-state index contributed by atoms with van der Waals surface area (Å²) in [6, 6.07) is 9.75. The highest BCUT2D eigenvalue weighted by atomic mass is 16.1. The normalized spacial score (nSPS) is 11.1. The van der Waals surface area contributed by atoms with E-state index in [1.807, 2.05) is 37.5 Å². The number of nitriles is 1. The van der Waals surface area contributed by atoms with Crippen molar-refractivity contribution in [3.05, 3.63) is 73.5 Å². The molecule has 0 N–H and O–H groups in total. The van der Waals surface area contributed by atoms with Gasteiger partial charge in [-0.3, -0.25) is 14.0 Å². The summed E-state index contributed by atoms with van der Waals surface area (Å²) in [6.07, 6.45) is 9.92. The summed E-state index contributed by atoms with van der Waals surface area (Å²) in [5.74, 6) is -0.195. The summed E-state index contributed by atoms with van der Waals surface area (Å²) >= 11 is 0. The van der Waals surface area contributed by atoms with Crippen LogP contribution in [0.15, 0.2) is 67.9 Å². The first-order chi connectivity index (χ1) is 14.6. The number of rotatable bonds is 3. The number of hydrogen-bond acceptors (Lipinski definition) is 5. The molecule has 0 bridgehead atoms. The molecular weight excluding hydrogens is 378 g/mol. The molecule has 4 aromatic heterocycles. The van der Waals surface area contributed by atoms with Gasteiger partial charge in [0.15, 0.2) is 0 Å². The minimum absolute atomic E-state index is 0.195. The highest BCUT2D eigenvalue weighted by Gasteiger charge is 2.17. The number of aromatic nitrogens is 6. The zero-order valence-corrected chi connectivity index (χ0v) is 16.0. The van der Waals surface area contributed by atoms with Crippen LogP contribution in [0.4, 0.5) is 0 Å². The Hall–Kier alpha value is -4.51. The fourth-order valence-corrected chi connectivity index (χ4v) is 3.57. The third kappa shape index (κ3) is 2.61. The summed E-state index contributed by atoms with van der Waals surface area (Å²) in [4.78, 5) is 16.9. The lowest BCUT2D eigenvalue weighted by molar-refractivity contribution is 0.0974. The monoisotopic (exact) mass is 393 g/mol. The van der Waals surface area contributed by atoms with Crippen LogP contribution in [0.5, 0.6) is 0 Å². The first kappa shape index (κ1) is 17.6. The molecule has 30 heavy (non-hydrogen) atoms. The van der Waals surface area contributed by atoms with E-state index < -0.39 is 0 Å². The Labute approximate surface area is 170 Å². The Morgan fingerprint density at radius 2 is 2.03 bits per heavy atom. The highest BCUT2D eigenvalue weighted by Crippen LogP contribution is 2.31. The Morgan fingerprint density at radius 1 is 1.17 bits per heavy atom. The summed E-state index contributed by atoms with van der Waals surface area (Å²) in [5.41, 5.74) is 4.84. The number of aryl methyl sites for hydroxylation is 1. The Bertz CT molecular complexity index is 1510. The van der Waals surface area contributed by atoms with Crippen molar-refractivity contribution in [3.63, 3.8) is 0 Å². The van der Waals surface area contributed by atoms with Gasteiger partial charge in [0.2, 0.25) is 0 Å². The van der Waals surface area contributed by atoms with E-state index in [1.165, 1.54) is 12.3 Å². The second kappa shape index (κ2) is 6.53. The predicted octanol–water partition coefficient (Wildman–Crippen LogP) is 3.45. The Kier molecular flexibility index (Phi) is 3.83. The number of nitrogens with zero attached hydrogens (tertiary/aromatic N) is 7. The molecule has 144 valence electrons. The van der Waals surface area contributed by atoms with Gasteiger partial charge in [0, 0.05) is 36.0 Å². The van der Waals surface area contributed by atoms with E-state index in [1.54, 1.807) is 32.4 Å². The molecule has 4 heterocycles. The molecule has 0 saturated heterocycles. The lowest BCUT2D eigenvalue weighted by Gasteiger charge is -2.08. The van der Waals surface area contributed by atoms with Crippen molar-refractivity contribution < 1.29 is 4.79 Å². The lowest BCUT2D eigenvalue weighted by Crippen LogP contribution is -2.04. The molecular formula is C22H15N7O. The number of carbonyl (C=O) groups excluding carboxylic acids is 1. The van der Waals surface area contributed by atoms with Crippen LogP contribution < -0.4 is 0 Å². The number of fused-ring (bicyclic) bond motifs is 2. The van der Waals surface area contributed by atoms with Gasteiger partial charge in [-0.1, -0.05) is 12.6 Å². The van der Waals surface area contributed by atoms with E-state index >= 15 is 0 Å². The molecule has 0 saturated carbocycles. The first-order valence-electron chi connectivity index (χ1n) is 9.15. The smallest absolute Gasteiger partial charge is 0.254 e. The van der Waals surface area contributed by atoms with Gasteiger partial charge in [-0.2, -0.15) is 15.5 Å². The molecule has 5 rings (SSSR count). The summed E-state index contributed by atoms with van der Waals surface area (Å²) in [6.45, 7) is 3.55. The van der Waals surface area contributed by atoms with E-state index in [-0.39, 0.29) is 5.91 Å². The van der Waals surface area contributed by atoms with Crippen LogP contribution in [0.25, 0.3) is 38.9 Å². The average molecular weight is 393 g/mol. The lowest BCUT2D eigenvalue weighted by atomic mass is 10.1. The fraction of sp³-hybridized carbons (Fsp3) is 0.0455. The van der Waals surface area contributed by atoms with Crippen LogP contribution in [0, 0.1) is 11.3 Å². The molecule has 1 aromatic carbocycles. The first-order valence-corrected chi connectivity index (χ1v) is 9.15. The van der Waals surface area contributed by atoms with Crippen LogP contribution >= 0.6 is 0 Å². The second-order valence-corrected chi connectivity index (χ2v) is 6.84. The van der Waals surface area contributed by atoms with E-state index in [0.717, 1.165) is 22.0 Å². The summed E-state index contributed by atoms with van der Waals surface area (Å²) < 4.78 is 4.91. The zero-order chi connectivity index (χ0) is 20.8. The molecule has 0 aliphatic heterocycles. The molecule has 0 radical (unpaired) electrons. The van der Waals surface area contributed by atoms with Gasteiger partial charge < -0.3 is 0 Å². The van der Waals surface area contributed by atoms with Crippen molar-refractivity contribution in [2.45, 2.75) is 0 Å². The minimum atomic E-state index is -0.195. The molecule has 0 aliphatic carbocycles. The molecule has 0 unspecified atom stereocenters. The second-order valence-electron chi connectivity index (χ2n) is 6.84. The number of allylic oxidation sites excluding steroid dienone is 1. The average Bonchev–Trinajstić information content (AvgIpc) is 3.49. The quantitative estimate of drug-likeness (QED) is 0.438. The van der Waals surface area contributed by atoms with Crippen LogP contribution in [-0.4, -0.2) is 34.9 Å². The van der Waals surface area contributed by atoms with Crippen molar-refractivity contribution in [1.82, 2.24) is 28.9 Å². The SMILES string of the molecule is C=CC(=O)n1ccc2cc(-c3nc(-c4cnn(C)c4)cn4ncc(C#N)c34)ccc21. The Balaban J connectivity index is 1.76. The molecule has 8 nitrogen and oxygen atoms in total. The molecule has 8 heteroatoms. The number of carbonyl (C=O) groups is 1. The standard InChI is InChI=1S/C22H15N7O/c1-3-20(30)28-7-6-14-8-15(4-5-19(14)28)21-22-16(9-23)10-25-29(22)13-18(26-21)17-11-24-27(2)12-17/h3-8,10-13H,1H2,2H3. The number of hydrogen-bond donors (Lipinski definition) is 0. The maximum atomic E-state index is 12.0. The molecule has 0 fully saturated rings. The molecule has 0 atom stereocenters. The van der Waals surface area contributed by atoms with Gasteiger partial charge in [-0.15, -0.1) is 0 Å². The van der Waals surface area contributed by atoms with Gasteiger partial charge in [-0.25, -0.2) is 9.50 Å². The van der Waals surface area contributed by atoms with Gasteiger partial charge in [0.05, 0.1) is 35.5 Å². The van der Waals surface area contributed by atoms with Gasteiger partial charge in [0.25, 0.3) is 5.91 Å².